The Kier molecular flexibility index (Phi) is 2.96. The Bertz CT molecular complexity index is 242. The van der Waals surface area contributed by atoms with E-state index in [1.165, 1.54) is 0 Å². The van der Waals surface area contributed by atoms with Crippen LogP contribution in [0.15, 0.2) is 21.8 Å². The van der Waals surface area contributed by atoms with Gasteiger partial charge in [-0.25, -0.2) is 0 Å². The lowest BCUT2D eigenvalue weighted by atomic mass is 10.2. The molecule has 0 radical (unpaired) electrons. The van der Waals surface area contributed by atoms with Crippen LogP contribution in [0.5, 0.6) is 0 Å². The summed E-state index contributed by atoms with van der Waals surface area (Å²) in [7, 11) is 0. The summed E-state index contributed by atoms with van der Waals surface area (Å²) in [5.74, 6) is 0.503. The molecule has 0 atom stereocenters. The molecule has 0 aliphatic carbocycles. The minimum atomic E-state index is 0.503. The lowest BCUT2D eigenvalue weighted by Gasteiger charge is -1.92. The third-order valence-electron chi connectivity index (χ3n) is 1.14. The molecule has 0 aromatic carbocycles. The van der Waals surface area contributed by atoms with E-state index in [9.17, 15) is 0 Å². The highest BCUT2D eigenvalue weighted by Gasteiger charge is 1.98. The van der Waals surface area contributed by atoms with Gasteiger partial charge in [0.2, 0.25) is 0 Å². The van der Waals surface area contributed by atoms with Gasteiger partial charge in [0, 0.05) is 5.88 Å². The lowest BCUT2D eigenvalue weighted by molar-refractivity contribution is 1.68. The van der Waals surface area contributed by atoms with E-state index in [1.54, 1.807) is 11.3 Å². The van der Waals surface area contributed by atoms with E-state index in [4.69, 9.17) is 11.6 Å². The fourth-order valence-corrected chi connectivity index (χ4v) is 1.92. The van der Waals surface area contributed by atoms with Crippen LogP contribution in [0.2, 0.25) is 0 Å². The van der Waals surface area contributed by atoms with Gasteiger partial charge in [-0.2, -0.15) is 0 Å². The number of halogens is 2. The molecule has 0 aliphatic heterocycles. The van der Waals surface area contributed by atoms with E-state index in [0.717, 1.165) is 14.9 Å². The molecular formula is C7H6BrClS. The molecule has 1 rings (SSSR count). The molecule has 1 aromatic rings. The average molecular weight is 238 g/mol. The molecule has 0 unspecified atom stereocenters. The van der Waals surface area contributed by atoms with Gasteiger partial charge in [-0.15, -0.1) is 22.9 Å². The van der Waals surface area contributed by atoms with Crippen molar-refractivity contribution in [2.24, 2.45) is 0 Å². The molecule has 0 fully saturated rings. The standard InChI is InChI=1S/C7H6BrClS/c1-5(3-9)6-2-7(8)10-4-6/h2,4H,1,3H2. The Balaban J connectivity index is 2.85. The van der Waals surface area contributed by atoms with Gasteiger partial charge in [0.1, 0.15) is 0 Å². The molecular weight excluding hydrogens is 232 g/mol. The molecule has 3 heteroatoms. The first-order valence-corrected chi connectivity index (χ1v) is 4.93. The lowest BCUT2D eigenvalue weighted by Crippen LogP contribution is -1.77. The van der Waals surface area contributed by atoms with Gasteiger partial charge >= 0.3 is 0 Å². The minimum absolute atomic E-state index is 0.503. The molecule has 0 saturated carbocycles. The van der Waals surface area contributed by atoms with Crippen LogP contribution in [0.4, 0.5) is 0 Å². The first kappa shape index (κ1) is 8.31. The Morgan fingerprint density at radius 3 is 2.90 bits per heavy atom. The van der Waals surface area contributed by atoms with E-state index < -0.39 is 0 Å². The predicted octanol–water partition coefficient (Wildman–Crippen LogP) is 3.76. The molecule has 1 aromatic heterocycles. The minimum Gasteiger partial charge on any atom is -0.136 e. The number of hydrogen-bond acceptors (Lipinski definition) is 1. The fourth-order valence-electron chi connectivity index (χ4n) is 0.573. The number of hydrogen-bond donors (Lipinski definition) is 0. The Hall–Kier alpha value is 0.210. The molecule has 0 spiro atoms. The van der Waals surface area contributed by atoms with Crippen molar-refractivity contribution in [1.82, 2.24) is 0 Å². The summed E-state index contributed by atoms with van der Waals surface area (Å²) < 4.78 is 1.12. The maximum absolute atomic E-state index is 5.59. The highest BCUT2D eigenvalue weighted by Crippen LogP contribution is 2.25. The molecule has 54 valence electrons. The van der Waals surface area contributed by atoms with Gasteiger partial charge in [-0.1, -0.05) is 6.58 Å². The largest absolute Gasteiger partial charge is 0.136 e. The van der Waals surface area contributed by atoms with Crippen molar-refractivity contribution >= 4 is 44.4 Å². The zero-order chi connectivity index (χ0) is 7.56. The van der Waals surface area contributed by atoms with Crippen molar-refractivity contribution < 1.29 is 0 Å². The third kappa shape index (κ3) is 1.84. The summed E-state index contributed by atoms with van der Waals surface area (Å²) >= 11 is 10.6. The zero-order valence-electron chi connectivity index (χ0n) is 5.23. The number of rotatable bonds is 2. The van der Waals surface area contributed by atoms with Gasteiger partial charge in [-0.3, -0.25) is 0 Å². The second kappa shape index (κ2) is 3.56. The zero-order valence-corrected chi connectivity index (χ0v) is 8.39. The number of thiophene rings is 1. The summed E-state index contributed by atoms with van der Waals surface area (Å²) in [5.41, 5.74) is 2.11. The van der Waals surface area contributed by atoms with Crippen LogP contribution in [-0.2, 0) is 0 Å². The van der Waals surface area contributed by atoms with Crippen molar-refractivity contribution in [3.63, 3.8) is 0 Å². The Labute approximate surface area is 77.6 Å². The Morgan fingerprint density at radius 2 is 2.50 bits per heavy atom. The van der Waals surface area contributed by atoms with E-state index in [1.807, 2.05) is 11.4 Å². The maximum atomic E-state index is 5.59. The highest BCUT2D eigenvalue weighted by atomic mass is 79.9. The van der Waals surface area contributed by atoms with Gasteiger partial charge in [-0.05, 0) is 38.5 Å². The quantitative estimate of drug-likeness (QED) is 0.687. The van der Waals surface area contributed by atoms with E-state index in [2.05, 4.69) is 22.5 Å². The van der Waals surface area contributed by atoms with Gasteiger partial charge in [0.25, 0.3) is 0 Å². The summed E-state index contributed by atoms with van der Waals surface area (Å²) in [6.07, 6.45) is 0. The number of alkyl halides is 1. The van der Waals surface area contributed by atoms with Crippen LogP contribution in [0.25, 0.3) is 5.57 Å². The normalized spacial score (nSPS) is 9.80. The van der Waals surface area contributed by atoms with Crippen LogP contribution in [0.3, 0.4) is 0 Å². The number of allylic oxidation sites excluding steroid dienone is 1. The SMILES string of the molecule is C=C(CCl)c1csc(Br)c1. The summed E-state index contributed by atoms with van der Waals surface area (Å²) in [4.78, 5) is 0. The fraction of sp³-hybridized carbons (Fsp3) is 0.143. The third-order valence-corrected chi connectivity index (χ3v) is 2.96. The molecule has 0 N–H and O–H groups in total. The van der Waals surface area contributed by atoms with Crippen molar-refractivity contribution in [3.8, 4) is 0 Å². The first-order valence-electron chi connectivity index (χ1n) is 2.72. The second-order valence-corrected chi connectivity index (χ2v) is 4.43. The molecule has 0 amide bonds. The maximum Gasteiger partial charge on any atom is 0.0704 e. The van der Waals surface area contributed by atoms with Crippen LogP contribution < -0.4 is 0 Å². The molecule has 10 heavy (non-hydrogen) atoms. The van der Waals surface area contributed by atoms with Gasteiger partial charge < -0.3 is 0 Å². The molecule has 0 bridgehead atoms. The van der Waals surface area contributed by atoms with Crippen molar-refractivity contribution in [3.05, 3.63) is 27.4 Å². The first-order chi connectivity index (χ1) is 4.74. The molecule has 0 aliphatic rings. The van der Waals surface area contributed by atoms with Crippen LogP contribution in [0, 0.1) is 0 Å². The van der Waals surface area contributed by atoms with Crippen LogP contribution >= 0.6 is 38.9 Å². The molecule has 0 nitrogen and oxygen atoms in total. The Morgan fingerprint density at radius 1 is 1.80 bits per heavy atom. The second-order valence-electron chi connectivity index (χ2n) is 1.88. The average Bonchev–Trinajstić information content (AvgIpc) is 2.34. The van der Waals surface area contributed by atoms with E-state index in [-0.39, 0.29) is 0 Å². The molecule has 0 saturated heterocycles. The van der Waals surface area contributed by atoms with Gasteiger partial charge in [0.05, 0.1) is 3.79 Å². The highest BCUT2D eigenvalue weighted by molar-refractivity contribution is 9.11. The smallest absolute Gasteiger partial charge is 0.0704 e. The topological polar surface area (TPSA) is 0 Å². The summed E-state index contributed by atoms with van der Waals surface area (Å²) in [6.45, 7) is 3.81. The van der Waals surface area contributed by atoms with Crippen LogP contribution in [0.1, 0.15) is 5.56 Å². The van der Waals surface area contributed by atoms with Gasteiger partial charge in [0.15, 0.2) is 0 Å². The van der Waals surface area contributed by atoms with Crippen molar-refractivity contribution in [2.45, 2.75) is 0 Å². The summed E-state index contributed by atoms with van der Waals surface area (Å²) in [5, 5.41) is 2.04. The predicted molar refractivity (Wildman–Crippen MR) is 51.8 cm³/mol. The van der Waals surface area contributed by atoms with Crippen molar-refractivity contribution in [1.29, 1.82) is 0 Å². The van der Waals surface area contributed by atoms with E-state index >= 15 is 0 Å². The van der Waals surface area contributed by atoms with E-state index in [0.29, 0.717) is 5.88 Å². The van der Waals surface area contributed by atoms with Crippen molar-refractivity contribution in [2.75, 3.05) is 5.88 Å². The summed E-state index contributed by atoms with van der Waals surface area (Å²) in [6, 6.07) is 2.02. The molecule has 1 heterocycles. The monoisotopic (exact) mass is 236 g/mol. The van der Waals surface area contributed by atoms with Crippen LogP contribution in [-0.4, -0.2) is 5.88 Å².